The van der Waals surface area contributed by atoms with Gasteiger partial charge in [0.1, 0.15) is 36.9 Å². The van der Waals surface area contributed by atoms with Crippen molar-refractivity contribution in [1.82, 2.24) is 24.6 Å². The molecule has 0 saturated carbocycles. The van der Waals surface area contributed by atoms with Gasteiger partial charge in [-0.3, -0.25) is 33.7 Å². The lowest BCUT2D eigenvalue weighted by Gasteiger charge is -2.41. The molecule has 0 saturated heterocycles. The van der Waals surface area contributed by atoms with E-state index in [0.717, 1.165) is 40.8 Å². The second-order valence-corrected chi connectivity index (χ2v) is 15.3. The Kier molecular flexibility index (Phi) is 14.1. The first-order chi connectivity index (χ1) is 26.3. The highest BCUT2D eigenvalue weighted by molar-refractivity contribution is 6.14. The maximum absolute atomic E-state index is 15.1. The number of amides is 6. The van der Waals surface area contributed by atoms with Crippen molar-refractivity contribution in [2.24, 2.45) is 17.1 Å². The highest BCUT2D eigenvalue weighted by atomic mass is 19.1. The van der Waals surface area contributed by atoms with Crippen LogP contribution in [0.2, 0.25) is 0 Å². The van der Waals surface area contributed by atoms with E-state index in [1.165, 1.54) is 16.7 Å². The van der Waals surface area contributed by atoms with Crippen LogP contribution in [-0.4, -0.2) is 98.1 Å². The molecule has 3 aromatic rings. The van der Waals surface area contributed by atoms with Gasteiger partial charge in [0, 0.05) is 54.8 Å². The number of benzene rings is 2. The van der Waals surface area contributed by atoms with Crippen LogP contribution in [0.3, 0.4) is 0 Å². The van der Waals surface area contributed by atoms with Gasteiger partial charge in [-0.1, -0.05) is 65.0 Å². The molecule has 56 heavy (non-hydrogen) atoms. The van der Waals surface area contributed by atoms with Crippen molar-refractivity contribution < 1.29 is 42.7 Å². The van der Waals surface area contributed by atoms with Crippen molar-refractivity contribution in [2.75, 3.05) is 26.2 Å². The fourth-order valence-electron chi connectivity index (χ4n) is 6.80. The Labute approximate surface area is 325 Å². The highest BCUT2D eigenvalue weighted by Crippen LogP contribution is 2.41. The number of aliphatic hydroxyl groups excluding tert-OH is 1. The van der Waals surface area contributed by atoms with Gasteiger partial charge in [-0.05, 0) is 54.5 Å². The van der Waals surface area contributed by atoms with Crippen LogP contribution >= 0.6 is 0 Å². The molecule has 1 aromatic heterocycles. The minimum Gasteiger partial charge on any atom is -0.387 e. The van der Waals surface area contributed by atoms with Crippen LogP contribution in [0.15, 0.2) is 72.9 Å². The molecule has 1 aliphatic heterocycles. The van der Waals surface area contributed by atoms with Crippen molar-refractivity contribution in [3.05, 3.63) is 95.8 Å². The number of primary amides is 1. The summed E-state index contributed by atoms with van der Waals surface area (Å²) in [4.78, 5) is 80.7. The number of hydrogen-bond donors (Lipinski definition) is 3. The molecular formula is C41H50F2N6O7. The molecule has 4 rings (SSSR count). The standard InChI is InChI=1S/C41H50F2N6O7/c1-25(2)37(45-33(51)23-49-34(52)15-16-35(49)53)40(56)47(26(3)39(44)55)17-10-18-48(36(54)24-50)38(41(4,5)6)32-19-28(30-20-29(42)13-14-31(30)43)22-46(32)21-27-11-8-7-9-12-27/h7-9,11-16,19-20,22,25-26,37-38,50H,10,17-18,21,23-24H2,1-6H3,(H2,44,55)(H,45,51)/t26-,37-,38-/m0/s1. The first-order valence-corrected chi connectivity index (χ1v) is 18.4. The minimum atomic E-state index is -1.18. The van der Waals surface area contributed by atoms with Crippen molar-refractivity contribution in [3.8, 4) is 11.1 Å². The third kappa shape index (κ3) is 10.3. The molecule has 2 aromatic carbocycles. The van der Waals surface area contributed by atoms with Gasteiger partial charge in [0.15, 0.2) is 0 Å². The largest absolute Gasteiger partial charge is 0.387 e. The Morgan fingerprint density at radius 2 is 1.54 bits per heavy atom. The van der Waals surface area contributed by atoms with Crippen LogP contribution in [-0.2, 0) is 35.3 Å². The first kappa shape index (κ1) is 43.0. The predicted molar refractivity (Wildman–Crippen MR) is 204 cm³/mol. The summed E-state index contributed by atoms with van der Waals surface area (Å²) in [6.45, 7) is 9.21. The minimum absolute atomic E-state index is 0.0261. The molecule has 2 heterocycles. The second kappa shape index (κ2) is 18.3. The van der Waals surface area contributed by atoms with Crippen LogP contribution in [0.1, 0.15) is 65.3 Å². The molecule has 0 spiro atoms. The second-order valence-electron chi connectivity index (χ2n) is 15.3. The smallest absolute Gasteiger partial charge is 0.254 e. The Hall–Kier alpha value is -5.70. The van der Waals surface area contributed by atoms with Gasteiger partial charge in [-0.2, -0.15) is 0 Å². The quantitative estimate of drug-likeness (QED) is 0.176. The molecule has 300 valence electrons. The summed E-state index contributed by atoms with van der Waals surface area (Å²) < 4.78 is 31.4. The summed E-state index contributed by atoms with van der Waals surface area (Å²) >= 11 is 0. The summed E-state index contributed by atoms with van der Waals surface area (Å²) in [5, 5.41) is 12.8. The normalized spacial score (nSPS) is 14.5. The number of aliphatic hydroxyl groups is 1. The summed E-state index contributed by atoms with van der Waals surface area (Å²) in [5.41, 5.74) is 6.85. The Bertz CT molecular complexity index is 1960. The molecule has 0 radical (unpaired) electrons. The number of hydrogen-bond acceptors (Lipinski definition) is 7. The predicted octanol–water partition coefficient (Wildman–Crippen LogP) is 3.55. The molecule has 0 fully saturated rings. The van der Waals surface area contributed by atoms with Gasteiger partial charge in [0.2, 0.25) is 23.6 Å². The number of aromatic nitrogens is 1. The van der Waals surface area contributed by atoms with Gasteiger partial charge in [-0.25, -0.2) is 8.78 Å². The van der Waals surface area contributed by atoms with E-state index >= 15 is 4.39 Å². The molecule has 1 aliphatic rings. The van der Waals surface area contributed by atoms with Gasteiger partial charge in [-0.15, -0.1) is 0 Å². The van der Waals surface area contributed by atoms with Crippen molar-refractivity contribution >= 4 is 35.4 Å². The van der Waals surface area contributed by atoms with Gasteiger partial charge in [0.25, 0.3) is 11.8 Å². The van der Waals surface area contributed by atoms with E-state index in [1.54, 1.807) is 26.1 Å². The fraction of sp³-hybridized carbons (Fsp3) is 0.415. The number of carbonyl (C=O) groups excluding carboxylic acids is 6. The zero-order valence-electron chi connectivity index (χ0n) is 32.5. The number of nitrogens with two attached hydrogens (primary N) is 1. The van der Waals surface area contributed by atoms with Crippen LogP contribution in [0.5, 0.6) is 0 Å². The number of nitrogens with one attached hydrogen (secondary N) is 1. The molecule has 4 N–H and O–H groups in total. The van der Waals surface area contributed by atoms with Crippen molar-refractivity contribution in [2.45, 2.75) is 72.6 Å². The summed E-state index contributed by atoms with van der Waals surface area (Å²) in [7, 11) is 0. The average molecular weight is 777 g/mol. The van der Waals surface area contributed by atoms with E-state index in [9.17, 15) is 38.3 Å². The maximum atomic E-state index is 15.1. The topological polar surface area (TPSA) is 175 Å². The van der Waals surface area contributed by atoms with Gasteiger partial charge in [0.05, 0.1) is 6.04 Å². The lowest BCUT2D eigenvalue weighted by molar-refractivity contribution is -0.145. The number of nitrogens with zero attached hydrogens (tertiary/aromatic N) is 4. The van der Waals surface area contributed by atoms with Crippen LogP contribution in [0.25, 0.3) is 11.1 Å². The summed E-state index contributed by atoms with van der Waals surface area (Å²) in [5.74, 6) is -5.96. The molecule has 6 amide bonds. The SMILES string of the molecule is CC(C)[C@H](NC(=O)CN1C(=O)C=CC1=O)C(=O)N(CCCN(C(=O)CO)[C@@H](c1cc(-c2cc(F)ccc2F)cn1Cc1ccccc1)C(C)(C)C)[C@@H](C)C(N)=O. The lowest BCUT2D eigenvalue weighted by atomic mass is 9.83. The number of rotatable bonds is 17. The van der Waals surface area contributed by atoms with Crippen LogP contribution < -0.4 is 11.1 Å². The van der Waals surface area contributed by atoms with Crippen molar-refractivity contribution in [1.29, 1.82) is 0 Å². The Morgan fingerprint density at radius 3 is 2.11 bits per heavy atom. The third-order valence-electron chi connectivity index (χ3n) is 9.64. The van der Waals surface area contributed by atoms with Crippen molar-refractivity contribution in [3.63, 3.8) is 0 Å². The monoisotopic (exact) mass is 776 g/mol. The van der Waals surface area contributed by atoms with E-state index < -0.39 is 89.7 Å². The average Bonchev–Trinajstić information content (AvgIpc) is 3.69. The molecule has 13 nitrogen and oxygen atoms in total. The maximum Gasteiger partial charge on any atom is 0.254 e. The van der Waals surface area contributed by atoms with Gasteiger partial charge >= 0.3 is 0 Å². The summed E-state index contributed by atoms with van der Waals surface area (Å²) in [6.07, 6.45) is 3.86. The zero-order chi connectivity index (χ0) is 41.5. The Balaban J connectivity index is 1.67. The van der Waals surface area contributed by atoms with E-state index in [-0.39, 0.29) is 25.1 Å². The lowest BCUT2D eigenvalue weighted by Crippen LogP contribution is -2.57. The highest BCUT2D eigenvalue weighted by Gasteiger charge is 2.38. The summed E-state index contributed by atoms with van der Waals surface area (Å²) in [6, 6.07) is 11.3. The Morgan fingerprint density at radius 1 is 0.911 bits per heavy atom. The van der Waals surface area contributed by atoms with E-state index in [2.05, 4.69) is 5.32 Å². The molecule has 0 unspecified atom stereocenters. The molecular weight excluding hydrogens is 726 g/mol. The molecule has 0 bridgehead atoms. The van der Waals surface area contributed by atoms with E-state index in [4.69, 9.17) is 5.73 Å². The third-order valence-corrected chi connectivity index (χ3v) is 9.64. The molecule has 3 atom stereocenters. The zero-order valence-corrected chi connectivity index (χ0v) is 32.5. The first-order valence-electron chi connectivity index (χ1n) is 18.4. The molecule has 0 aliphatic carbocycles. The van der Waals surface area contributed by atoms with Crippen LogP contribution in [0.4, 0.5) is 8.78 Å². The molecule has 15 heteroatoms. The van der Waals surface area contributed by atoms with Crippen LogP contribution in [0, 0.1) is 23.0 Å². The fourth-order valence-corrected chi connectivity index (χ4v) is 6.80. The number of halogens is 2. The van der Waals surface area contributed by atoms with E-state index in [1.807, 2.05) is 55.7 Å². The number of imide groups is 1. The van der Waals surface area contributed by atoms with Gasteiger partial charge < -0.3 is 30.5 Å². The number of carbonyl (C=O) groups is 6. The van der Waals surface area contributed by atoms with E-state index in [0.29, 0.717) is 17.8 Å².